The summed E-state index contributed by atoms with van der Waals surface area (Å²) in [6.07, 6.45) is 2.74. The molecule has 1 heterocycles. The van der Waals surface area contributed by atoms with E-state index in [0.29, 0.717) is 30.7 Å². The van der Waals surface area contributed by atoms with Crippen LogP contribution >= 0.6 is 0 Å². The van der Waals surface area contributed by atoms with Crippen LogP contribution < -0.4 is 10.1 Å². The van der Waals surface area contributed by atoms with Gasteiger partial charge in [-0.05, 0) is 68.1 Å². The van der Waals surface area contributed by atoms with Crippen molar-refractivity contribution in [2.45, 2.75) is 40.0 Å². The first-order valence-corrected chi connectivity index (χ1v) is 9.78. The average Bonchev–Trinajstić information content (AvgIpc) is 3.03. The molecule has 4 nitrogen and oxygen atoms in total. The molecule has 0 unspecified atom stereocenters. The standard InChI is InChI=1S/C23H27FN2O2/c1-4-5-14-28-18-9-7-17(8-10-18)23(27)25-13-12-19-16(3)26-22-20(24)11-6-15(2)21(19)22/h6-11,26H,4-5,12-14H2,1-3H3,(H,25,27). The number of halogens is 1. The second-order valence-electron chi connectivity index (χ2n) is 7.08. The van der Waals surface area contributed by atoms with E-state index in [0.717, 1.165) is 40.8 Å². The van der Waals surface area contributed by atoms with Crippen LogP contribution in [0.5, 0.6) is 5.75 Å². The summed E-state index contributed by atoms with van der Waals surface area (Å²) in [5.74, 6) is 0.401. The summed E-state index contributed by atoms with van der Waals surface area (Å²) >= 11 is 0. The number of aromatic amines is 1. The zero-order chi connectivity index (χ0) is 20.1. The molecule has 0 saturated heterocycles. The normalized spacial score (nSPS) is 11.0. The number of aromatic nitrogens is 1. The van der Waals surface area contributed by atoms with Gasteiger partial charge in [-0.25, -0.2) is 4.39 Å². The summed E-state index contributed by atoms with van der Waals surface area (Å²) in [7, 11) is 0. The van der Waals surface area contributed by atoms with E-state index in [4.69, 9.17) is 4.74 Å². The number of fused-ring (bicyclic) bond motifs is 1. The zero-order valence-electron chi connectivity index (χ0n) is 16.7. The van der Waals surface area contributed by atoms with E-state index < -0.39 is 0 Å². The van der Waals surface area contributed by atoms with Gasteiger partial charge in [-0.3, -0.25) is 4.79 Å². The molecule has 0 atom stereocenters. The second-order valence-corrected chi connectivity index (χ2v) is 7.08. The summed E-state index contributed by atoms with van der Waals surface area (Å²) in [6, 6.07) is 10.5. The van der Waals surface area contributed by atoms with Crippen molar-refractivity contribution in [1.29, 1.82) is 0 Å². The van der Waals surface area contributed by atoms with Gasteiger partial charge in [0.25, 0.3) is 5.91 Å². The second kappa shape index (κ2) is 8.91. The number of benzene rings is 2. The van der Waals surface area contributed by atoms with Crippen LogP contribution in [0.4, 0.5) is 4.39 Å². The lowest BCUT2D eigenvalue weighted by atomic mass is 10.0. The number of nitrogens with one attached hydrogen (secondary N) is 2. The largest absolute Gasteiger partial charge is 0.494 e. The summed E-state index contributed by atoms with van der Waals surface area (Å²) < 4.78 is 19.7. The molecule has 148 valence electrons. The van der Waals surface area contributed by atoms with Crippen molar-refractivity contribution in [3.8, 4) is 5.75 Å². The Bertz CT molecular complexity index is 961. The lowest BCUT2D eigenvalue weighted by molar-refractivity contribution is 0.0954. The van der Waals surface area contributed by atoms with Crippen molar-refractivity contribution in [2.24, 2.45) is 0 Å². The number of unbranched alkanes of at least 4 members (excludes halogenated alkanes) is 1. The molecule has 5 heteroatoms. The van der Waals surface area contributed by atoms with Gasteiger partial charge in [-0.2, -0.15) is 0 Å². The third-order valence-corrected chi connectivity index (χ3v) is 4.97. The third kappa shape index (κ3) is 4.35. The van der Waals surface area contributed by atoms with Gasteiger partial charge in [0.1, 0.15) is 11.6 Å². The molecule has 1 amide bonds. The van der Waals surface area contributed by atoms with Crippen molar-refractivity contribution in [3.63, 3.8) is 0 Å². The van der Waals surface area contributed by atoms with Crippen LogP contribution in [-0.4, -0.2) is 24.0 Å². The monoisotopic (exact) mass is 382 g/mol. The van der Waals surface area contributed by atoms with E-state index in [9.17, 15) is 9.18 Å². The fourth-order valence-corrected chi connectivity index (χ4v) is 3.40. The molecule has 0 bridgehead atoms. The molecule has 0 aliphatic heterocycles. The topological polar surface area (TPSA) is 54.1 Å². The van der Waals surface area contributed by atoms with Gasteiger partial charge in [0.2, 0.25) is 0 Å². The lowest BCUT2D eigenvalue weighted by Gasteiger charge is -2.08. The fourth-order valence-electron chi connectivity index (χ4n) is 3.40. The lowest BCUT2D eigenvalue weighted by Crippen LogP contribution is -2.25. The molecule has 2 aromatic carbocycles. The predicted molar refractivity (Wildman–Crippen MR) is 111 cm³/mol. The minimum atomic E-state index is -0.250. The van der Waals surface area contributed by atoms with Crippen molar-refractivity contribution in [1.82, 2.24) is 10.3 Å². The summed E-state index contributed by atoms with van der Waals surface area (Å²) in [6.45, 7) is 7.20. The Morgan fingerprint density at radius 3 is 2.61 bits per heavy atom. The summed E-state index contributed by atoms with van der Waals surface area (Å²) in [5.41, 5.74) is 4.15. The molecule has 0 spiro atoms. The maximum Gasteiger partial charge on any atom is 0.251 e. The third-order valence-electron chi connectivity index (χ3n) is 4.97. The molecule has 3 aromatic rings. The van der Waals surface area contributed by atoms with Crippen LogP contribution in [0.15, 0.2) is 36.4 Å². The highest BCUT2D eigenvalue weighted by Crippen LogP contribution is 2.27. The maximum atomic E-state index is 14.1. The number of carbonyl (C=O) groups is 1. The Labute approximate surface area is 165 Å². The molecule has 0 aliphatic carbocycles. The van der Waals surface area contributed by atoms with Crippen LogP contribution in [0.3, 0.4) is 0 Å². The fraction of sp³-hybridized carbons (Fsp3) is 0.348. The SMILES string of the molecule is CCCCOc1ccc(C(=O)NCCc2c(C)[nH]c3c(F)ccc(C)c23)cc1. The molecule has 0 saturated carbocycles. The van der Waals surface area contributed by atoms with E-state index in [2.05, 4.69) is 17.2 Å². The maximum absolute atomic E-state index is 14.1. The first kappa shape index (κ1) is 19.9. The van der Waals surface area contributed by atoms with Gasteiger partial charge >= 0.3 is 0 Å². The van der Waals surface area contributed by atoms with E-state index >= 15 is 0 Å². The van der Waals surface area contributed by atoms with Crippen LogP contribution in [0.25, 0.3) is 10.9 Å². The van der Waals surface area contributed by atoms with Crippen molar-refractivity contribution >= 4 is 16.8 Å². The molecular formula is C23H27FN2O2. The minimum Gasteiger partial charge on any atom is -0.494 e. The first-order valence-electron chi connectivity index (χ1n) is 9.78. The Morgan fingerprint density at radius 1 is 1.14 bits per heavy atom. The number of H-pyrrole nitrogens is 1. The Morgan fingerprint density at radius 2 is 1.89 bits per heavy atom. The van der Waals surface area contributed by atoms with E-state index in [1.807, 2.05) is 26.0 Å². The van der Waals surface area contributed by atoms with Crippen molar-refractivity contribution in [2.75, 3.05) is 13.2 Å². The Hall–Kier alpha value is -2.82. The van der Waals surface area contributed by atoms with Crippen LogP contribution in [0.2, 0.25) is 0 Å². The van der Waals surface area contributed by atoms with E-state index in [1.54, 1.807) is 18.2 Å². The molecule has 28 heavy (non-hydrogen) atoms. The number of carbonyl (C=O) groups excluding carboxylic acids is 1. The number of ether oxygens (including phenoxy) is 1. The van der Waals surface area contributed by atoms with Gasteiger partial charge in [0.15, 0.2) is 0 Å². The molecule has 0 fully saturated rings. The molecule has 3 rings (SSSR count). The van der Waals surface area contributed by atoms with Gasteiger partial charge in [-0.1, -0.05) is 19.4 Å². The molecule has 1 aromatic heterocycles. The van der Waals surface area contributed by atoms with Crippen LogP contribution in [-0.2, 0) is 6.42 Å². The number of rotatable bonds is 8. The van der Waals surface area contributed by atoms with Gasteiger partial charge < -0.3 is 15.0 Å². The first-order chi connectivity index (χ1) is 13.5. The Balaban J connectivity index is 1.61. The molecular weight excluding hydrogens is 355 g/mol. The molecule has 2 N–H and O–H groups in total. The highest BCUT2D eigenvalue weighted by atomic mass is 19.1. The molecule has 0 radical (unpaired) electrons. The van der Waals surface area contributed by atoms with Gasteiger partial charge in [-0.15, -0.1) is 0 Å². The number of hydrogen-bond acceptors (Lipinski definition) is 2. The van der Waals surface area contributed by atoms with Crippen molar-refractivity contribution < 1.29 is 13.9 Å². The highest BCUT2D eigenvalue weighted by molar-refractivity contribution is 5.94. The average molecular weight is 382 g/mol. The van der Waals surface area contributed by atoms with Crippen LogP contribution in [0.1, 0.15) is 46.9 Å². The number of aryl methyl sites for hydroxylation is 2. The van der Waals surface area contributed by atoms with E-state index in [-0.39, 0.29) is 11.7 Å². The van der Waals surface area contributed by atoms with Crippen molar-refractivity contribution in [3.05, 3.63) is 64.6 Å². The number of amides is 1. The number of hydrogen-bond donors (Lipinski definition) is 2. The van der Waals surface area contributed by atoms with E-state index in [1.165, 1.54) is 6.07 Å². The Kier molecular flexibility index (Phi) is 6.34. The smallest absolute Gasteiger partial charge is 0.251 e. The quantitative estimate of drug-likeness (QED) is 0.534. The zero-order valence-corrected chi connectivity index (χ0v) is 16.7. The van der Waals surface area contributed by atoms with Crippen LogP contribution in [0, 0.1) is 19.7 Å². The summed E-state index contributed by atoms with van der Waals surface area (Å²) in [4.78, 5) is 15.5. The molecule has 0 aliphatic rings. The van der Waals surface area contributed by atoms with Gasteiger partial charge in [0.05, 0.1) is 12.1 Å². The summed E-state index contributed by atoms with van der Waals surface area (Å²) in [5, 5.41) is 3.86. The minimum absolute atomic E-state index is 0.125. The highest BCUT2D eigenvalue weighted by Gasteiger charge is 2.14. The predicted octanol–water partition coefficient (Wildman–Crippen LogP) is 5.08. The van der Waals surface area contributed by atoms with Gasteiger partial charge in [0, 0.05) is 23.2 Å².